The molecule has 8 heteroatoms. The van der Waals surface area contributed by atoms with Gasteiger partial charge in [0.05, 0.1) is 18.6 Å². The standard InChI is InChI=1S/C20H27NO5S2/c1-15-7-9-27-20(15)12-21(16-8-10-28(23,24)14-16)11-17(22)13-26-19-6-4-3-5-18(19)25-2/h3-7,9,16-17,22H,8,10-14H2,1-2H3. The molecule has 1 aliphatic heterocycles. The molecule has 1 aliphatic rings. The van der Waals surface area contributed by atoms with Crippen LogP contribution in [0.3, 0.4) is 0 Å². The van der Waals surface area contributed by atoms with Crippen LogP contribution in [-0.2, 0) is 16.4 Å². The van der Waals surface area contributed by atoms with Gasteiger partial charge in [0, 0.05) is 24.0 Å². The third kappa shape index (κ3) is 5.47. The third-order valence-corrected chi connectivity index (χ3v) is 7.74. The highest BCUT2D eigenvalue weighted by molar-refractivity contribution is 7.91. The number of aliphatic hydroxyl groups excluding tert-OH is 1. The number of para-hydroxylation sites is 2. The lowest BCUT2D eigenvalue weighted by molar-refractivity contribution is 0.0520. The van der Waals surface area contributed by atoms with Crippen LogP contribution in [0.4, 0.5) is 0 Å². The van der Waals surface area contributed by atoms with E-state index in [1.54, 1.807) is 30.6 Å². The van der Waals surface area contributed by atoms with Crippen LogP contribution in [0.25, 0.3) is 0 Å². The summed E-state index contributed by atoms with van der Waals surface area (Å²) in [4.78, 5) is 3.28. The Hall–Kier alpha value is -1.61. The fraction of sp³-hybridized carbons (Fsp3) is 0.500. The van der Waals surface area contributed by atoms with Gasteiger partial charge in [0.15, 0.2) is 21.3 Å². The summed E-state index contributed by atoms with van der Waals surface area (Å²) in [5, 5.41) is 12.6. The first-order chi connectivity index (χ1) is 13.4. The van der Waals surface area contributed by atoms with E-state index in [0.717, 1.165) is 0 Å². The molecule has 0 bridgehead atoms. The zero-order valence-electron chi connectivity index (χ0n) is 16.2. The van der Waals surface area contributed by atoms with E-state index in [0.29, 0.717) is 31.0 Å². The highest BCUT2D eigenvalue weighted by Gasteiger charge is 2.33. The van der Waals surface area contributed by atoms with Crippen molar-refractivity contribution in [2.75, 3.05) is 31.8 Å². The lowest BCUT2D eigenvalue weighted by atomic mass is 10.1. The average Bonchev–Trinajstić information content (AvgIpc) is 3.24. The van der Waals surface area contributed by atoms with Crippen LogP contribution < -0.4 is 9.47 Å². The Morgan fingerprint density at radius 3 is 2.64 bits per heavy atom. The molecule has 0 spiro atoms. The lowest BCUT2D eigenvalue weighted by Crippen LogP contribution is -2.42. The summed E-state index contributed by atoms with van der Waals surface area (Å²) in [6.07, 6.45) is -0.138. The molecule has 0 amide bonds. The normalized spacial score (nSPS) is 19.6. The second-order valence-corrected chi connectivity index (χ2v) is 10.4. The molecule has 2 atom stereocenters. The number of ether oxygens (including phenoxy) is 2. The van der Waals surface area contributed by atoms with Crippen LogP contribution in [0.5, 0.6) is 11.5 Å². The molecular formula is C20H27NO5S2. The van der Waals surface area contributed by atoms with Crippen molar-refractivity contribution in [1.29, 1.82) is 0 Å². The minimum absolute atomic E-state index is 0.0765. The number of thiophene rings is 1. The lowest BCUT2D eigenvalue weighted by Gasteiger charge is -2.30. The first-order valence-corrected chi connectivity index (χ1v) is 12.0. The second-order valence-electron chi connectivity index (χ2n) is 7.13. The number of aliphatic hydroxyl groups is 1. The van der Waals surface area contributed by atoms with E-state index < -0.39 is 15.9 Å². The van der Waals surface area contributed by atoms with E-state index in [2.05, 4.69) is 17.9 Å². The SMILES string of the molecule is COc1ccccc1OCC(O)CN(Cc1sccc1C)C1CCS(=O)(=O)C1. The highest BCUT2D eigenvalue weighted by Crippen LogP contribution is 2.27. The zero-order chi connectivity index (χ0) is 20.1. The molecule has 6 nitrogen and oxygen atoms in total. The number of benzene rings is 1. The van der Waals surface area contributed by atoms with Gasteiger partial charge in [-0.3, -0.25) is 4.90 Å². The molecular weight excluding hydrogens is 398 g/mol. The quantitative estimate of drug-likeness (QED) is 0.665. The Morgan fingerprint density at radius 2 is 2.04 bits per heavy atom. The van der Waals surface area contributed by atoms with Gasteiger partial charge in [0.2, 0.25) is 0 Å². The molecule has 1 fully saturated rings. The summed E-state index contributed by atoms with van der Waals surface area (Å²) >= 11 is 1.66. The topological polar surface area (TPSA) is 76.1 Å². The van der Waals surface area contributed by atoms with Gasteiger partial charge in [-0.2, -0.15) is 0 Å². The van der Waals surface area contributed by atoms with Crippen LogP contribution >= 0.6 is 11.3 Å². The maximum atomic E-state index is 12.0. The van der Waals surface area contributed by atoms with Crippen molar-refractivity contribution < 1.29 is 23.0 Å². The van der Waals surface area contributed by atoms with Crippen LogP contribution in [0.15, 0.2) is 35.7 Å². The maximum Gasteiger partial charge on any atom is 0.161 e. The molecule has 2 unspecified atom stereocenters. The highest BCUT2D eigenvalue weighted by atomic mass is 32.2. The van der Waals surface area contributed by atoms with Gasteiger partial charge in [-0.1, -0.05) is 12.1 Å². The summed E-state index contributed by atoms with van der Waals surface area (Å²) in [6.45, 7) is 3.15. The minimum atomic E-state index is -3.00. The van der Waals surface area contributed by atoms with E-state index >= 15 is 0 Å². The summed E-state index contributed by atoms with van der Waals surface area (Å²) in [5.74, 6) is 1.55. The largest absolute Gasteiger partial charge is 0.493 e. The van der Waals surface area contributed by atoms with E-state index in [1.807, 2.05) is 17.5 Å². The fourth-order valence-corrected chi connectivity index (χ4v) is 6.10. The van der Waals surface area contributed by atoms with Crippen LogP contribution in [0, 0.1) is 6.92 Å². The van der Waals surface area contributed by atoms with Crippen molar-refractivity contribution in [3.8, 4) is 11.5 Å². The molecule has 1 N–H and O–H groups in total. The van der Waals surface area contributed by atoms with Crippen molar-refractivity contribution in [2.45, 2.75) is 32.0 Å². The number of methoxy groups -OCH3 is 1. The van der Waals surface area contributed by atoms with Gasteiger partial charge in [-0.15, -0.1) is 11.3 Å². The molecule has 0 saturated carbocycles. The van der Waals surface area contributed by atoms with E-state index in [4.69, 9.17) is 9.47 Å². The Balaban J connectivity index is 1.65. The summed E-state index contributed by atoms with van der Waals surface area (Å²) in [6, 6.07) is 9.28. The first kappa shape index (κ1) is 21.1. The van der Waals surface area contributed by atoms with Gasteiger partial charge < -0.3 is 14.6 Å². The Labute approximate surface area is 170 Å². The van der Waals surface area contributed by atoms with Crippen molar-refractivity contribution in [3.05, 3.63) is 46.2 Å². The smallest absolute Gasteiger partial charge is 0.161 e. The zero-order valence-corrected chi connectivity index (χ0v) is 17.8. The van der Waals surface area contributed by atoms with E-state index in [9.17, 15) is 13.5 Å². The predicted molar refractivity (Wildman–Crippen MR) is 111 cm³/mol. The van der Waals surface area contributed by atoms with Crippen molar-refractivity contribution in [3.63, 3.8) is 0 Å². The van der Waals surface area contributed by atoms with Crippen molar-refractivity contribution in [1.82, 2.24) is 4.90 Å². The number of sulfone groups is 1. The van der Waals surface area contributed by atoms with Gasteiger partial charge in [0.1, 0.15) is 12.7 Å². The molecule has 1 saturated heterocycles. The molecule has 2 heterocycles. The molecule has 0 radical (unpaired) electrons. The molecule has 28 heavy (non-hydrogen) atoms. The summed E-state index contributed by atoms with van der Waals surface area (Å²) in [7, 11) is -1.42. The second kappa shape index (κ2) is 9.26. The Morgan fingerprint density at radius 1 is 1.29 bits per heavy atom. The number of hydrogen-bond acceptors (Lipinski definition) is 7. The summed E-state index contributed by atoms with van der Waals surface area (Å²) < 4.78 is 34.9. The van der Waals surface area contributed by atoms with Crippen LogP contribution in [0.2, 0.25) is 0 Å². The average molecular weight is 426 g/mol. The molecule has 0 aliphatic carbocycles. The molecule has 1 aromatic carbocycles. The first-order valence-electron chi connectivity index (χ1n) is 9.29. The maximum absolute atomic E-state index is 12.0. The van der Waals surface area contributed by atoms with Gasteiger partial charge >= 0.3 is 0 Å². The third-order valence-electron chi connectivity index (χ3n) is 4.99. The van der Waals surface area contributed by atoms with Crippen LogP contribution in [0.1, 0.15) is 16.9 Å². The van der Waals surface area contributed by atoms with E-state index in [-0.39, 0.29) is 24.2 Å². The van der Waals surface area contributed by atoms with Crippen molar-refractivity contribution in [2.24, 2.45) is 0 Å². The molecule has 154 valence electrons. The molecule has 2 aromatic rings. The minimum Gasteiger partial charge on any atom is -0.493 e. The number of aryl methyl sites for hydroxylation is 1. The van der Waals surface area contributed by atoms with Gasteiger partial charge in [-0.25, -0.2) is 8.42 Å². The number of hydrogen-bond donors (Lipinski definition) is 1. The monoisotopic (exact) mass is 425 g/mol. The number of rotatable bonds is 9. The van der Waals surface area contributed by atoms with Gasteiger partial charge in [-0.05, 0) is 42.5 Å². The Kier molecular flexibility index (Phi) is 6.98. The number of nitrogens with zero attached hydrogens (tertiary/aromatic N) is 1. The van der Waals surface area contributed by atoms with E-state index in [1.165, 1.54) is 10.4 Å². The molecule has 3 rings (SSSR count). The fourth-order valence-electron chi connectivity index (χ4n) is 3.40. The predicted octanol–water partition coefficient (Wildman–Crippen LogP) is 2.49. The molecule has 1 aromatic heterocycles. The van der Waals surface area contributed by atoms with Gasteiger partial charge in [0.25, 0.3) is 0 Å². The van der Waals surface area contributed by atoms with Crippen LogP contribution in [-0.4, -0.2) is 62.3 Å². The summed E-state index contributed by atoms with van der Waals surface area (Å²) in [5.41, 5.74) is 1.19. The Bertz CT molecular complexity index is 880. The van der Waals surface area contributed by atoms with Crippen molar-refractivity contribution >= 4 is 21.2 Å².